The molecule has 1 aliphatic heterocycles. The number of methoxy groups -OCH3 is 1. The molecule has 0 unspecified atom stereocenters. The number of hydrogen-bond donors (Lipinski definition) is 2. The Morgan fingerprint density at radius 1 is 1.43 bits per heavy atom. The quantitative estimate of drug-likeness (QED) is 0.661. The molecule has 0 aromatic heterocycles. The Balaban J connectivity index is 2.35. The maximum Gasteiger partial charge on any atom is 0.138 e. The highest BCUT2D eigenvalue weighted by molar-refractivity contribution is 5.69. The summed E-state index contributed by atoms with van der Waals surface area (Å²) in [4.78, 5) is 2.15. The van der Waals surface area contributed by atoms with E-state index in [9.17, 15) is 0 Å². The minimum absolute atomic E-state index is 0.512. The van der Waals surface area contributed by atoms with E-state index in [0.717, 1.165) is 24.4 Å². The third-order valence-corrected chi connectivity index (χ3v) is 4.23. The van der Waals surface area contributed by atoms with Crippen LogP contribution in [0.25, 0.3) is 5.70 Å². The number of nitrogens with zero attached hydrogens (tertiary/aromatic N) is 1. The van der Waals surface area contributed by atoms with Gasteiger partial charge in [-0.3, -0.25) is 5.84 Å². The maximum absolute atomic E-state index is 15.2. The molecule has 21 heavy (non-hydrogen) atoms. The van der Waals surface area contributed by atoms with Crippen molar-refractivity contribution < 1.29 is 9.13 Å². The van der Waals surface area contributed by atoms with E-state index in [-0.39, 0.29) is 0 Å². The van der Waals surface area contributed by atoms with Crippen LogP contribution in [0.2, 0.25) is 0 Å². The molecule has 0 amide bonds. The van der Waals surface area contributed by atoms with Gasteiger partial charge < -0.3 is 15.1 Å². The van der Waals surface area contributed by atoms with Crippen LogP contribution in [0.4, 0.5) is 4.39 Å². The van der Waals surface area contributed by atoms with Gasteiger partial charge in [0.2, 0.25) is 0 Å². The number of alkyl halides is 1. The zero-order valence-corrected chi connectivity index (χ0v) is 12.9. The summed E-state index contributed by atoms with van der Waals surface area (Å²) in [5, 5.41) is 0. The molecule has 1 saturated heterocycles. The predicted molar refractivity (Wildman–Crippen MR) is 83.5 cm³/mol. The summed E-state index contributed by atoms with van der Waals surface area (Å²) in [5.74, 6) is 6.14. The second-order valence-electron chi connectivity index (χ2n) is 5.53. The maximum atomic E-state index is 15.2. The highest BCUT2D eigenvalue weighted by Gasteiger charge is 2.35. The van der Waals surface area contributed by atoms with Crippen LogP contribution < -0.4 is 16.0 Å². The summed E-state index contributed by atoms with van der Waals surface area (Å²) in [6.45, 7) is 3.42. The topological polar surface area (TPSA) is 50.5 Å². The van der Waals surface area contributed by atoms with E-state index in [1.807, 2.05) is 32.2 Å². The second kappa shape index (κ2) is 6.45. The van der Waals surface area contributed by atoms with Gasteiger partial charge in [-0.25, -0.2) is 4.39 Å². The molecule has 5 heteroatoms. The fourth-order valence-electron chi connectivity index (χ4n) is 2.77. The highest BCUT2D eigenvalue weighted by atomic mass is 19.1. The number of nitrogens with one attached hydrogen (secondary N) is 1. The second-order valence-corrected chi connectivity index (χ2v) is 5.53. The molecule has 116 valence electrons. The van der Waals surface area contributed by atoms with Gasteiger partial charge in [0.05, 0.1) is 12.8 Å². The van der Waals surface area contributed by atoms with Crippen molar-refractivity contribution in [3.05, 3.63) is 35.4 Å². The average Bonchev–Trinajstić information content (AvgIpc) is 2.52. The highest BCUT2D eigenvalue weighted by Crippen LogP contribution is 2.39. The molecular weight excluding hydrogens is 269 g/mol. The van der Waals surface area contributed by atoms with E-state index >= 15 is 4.39 Å². The summed E-state index contributed by atoms with van der Waals surface area (Å²) in [6, 6.07) is 5.49. The van der Waals surface area contributed by atoms with Crippen molar-refractivity contribution in [2.24, 2.45) is 5.84 Å². The van der Waals surface area contributed by atoms with Gasteiger partial charge in [0.1, 0.15) is 11.4 Å². The van der Waals surface area contributed by atoms with E-state index in [0.29, 0.717) is 24.2 Å². The van der Waals surface area contributed by atoms with Crippen LogP contribution in [0.15, 0.2) is 24.3 Å². The van der Waals surface area contributed by atoms with E-state index in [4.69, 9.17) is 10.6 Å². The third kappa shape index (κ3) is 3.19. The van der Waals surface area contributed by atoms with Crippen LogP contribution in [0.3, 0.4) is 0 Å². The SMILES string of the molecule is C/C=C(\NN)c1ccc(C2(F)CCN(C)CC2)cc1OC. The third-order valence-electron chi connectivity index (χ3n) is 4.23. The van der Waals surface area contributed by atoms with Crippen molar-refractivity contribution in [3.63, 3.8) is 0 Å². The molecule has 3 N–H and O–H groups in total. The van der Waals surface area contributed by atoms with Crippen molar-refractivity contribution in [1.29, 1.82) is 0 Å². The first-order valence-corrected chi connectivity index (χ1v) is 7.23. The number of benzene rings is 1. The number of likely N-dealkylation sites (tertiary alicyclic amines) is 1. The summed E-state index contributed by atoms with van der Waals surface area (Å²) in [7, 11) is 3.61. The molecular formula is C16H24FN3O. The van der Waals surface area contributed by atoms with Crippen molar-refractivity contribution in [2.75, 3.05) is 27.2 Å². The van der Waals surface area contributed by atoms with Gasteiger partial charge in [0.15, 0.2) is 0 Å². The number of halogens is 1. The molecule has 1 aromatic carbocycles. The number of allylic oxidation sites excluding steroid dienone is 1. The zero-order valence-electron chi connectivity index (χ0n) is 12.9. The molecule has 1 aliphatic rings. The van der Waals surface area contributed by atoms with Crippen molar-refractivity contribution in [2.45, 2.75) is 25.4 Å². The van der Waals surface area contributed by atoms with Gasteiger partial charge in [-0.1, -0.05) is 12.1 Å². The number of rotatable bonds is 4. The smallest absolute Gasteiger partial charge is 0.138 e. The first-order valence-electron chi connectivity index (χ1n) is 7.23. The molecule has 1 heterocycles. The van der Waals surface area contributed by atoms with Gasteiger partial charge in [0.25, 0.3) is 0 Å². The summed E-state index contributed by atoms with van der Waals surface area (Å²) < 4.78 is 20.6. The van der Waals surface area contributed by atoms with Crippen molar-refractivity contribution >= 4 is 5.70 Å². The van der Waals surface area contributed by atoms with Crippen LogP contribution in [-0.4, -0.2) is 32.1 Å². The Labute approximate surface area is 125 Å². The largest absolute Gasteiger partial charge is 0.496 e. The zero-order chi connectivity index (χ0) is 15.5. The molecule has 1 fully saturated rings. The molecule has 4 nitrogen and oxygen atoms in total. The minimum Gasteiger partial charge on any atom is -0.496 e. The van der Waals surface area contributed by atoms with Gasteiger partial charge >= 0.3 is 0 Å². The molecule has 0 radical (unpaired) electrons. The Kier molecular flexibility index (Phi) is 4.85. The Bertz CT molecular complexity index is 522. The molecule has 0 bridgehead atoms. The summed E-state index contributed by atoms with van der Waals surface area (Å²) in [6.07, 6.45) is 2.88. The molecule has 0 atom stereocenters. The summed E-state index contributed by atoms with van der Waals surface area (Å²) in [5.41, 5.74) is 3.64. The first-order chi connectivity index (χ1) is 10.0. The lowest BCUT2D eigenvalue weighted by atomic mass is 9.85. The predicted octanol–water partition coefficient (Wildman–Crippen LogP) is 2.41. The Morgan fingerprint density at radius 2 is 2.10 bits per heavy atom. The van der Waals surface area contributed by atoms with Gasteiger partial charge in [-0.2, -0.15) is 0 Å². The number of hydrazine groups is 1. The van der Waals surface area contributed by atoms with Crippen LogP contribution in [0.1, 0.15) is 30.9 Å². The number of piperidine rings is 1. The molecule has 0 saturated carbocycles. The lowest BCUT2D eigenvalue weighted by Crippen LogP contribution is -2.38. The van der Waals surface area contributed by atoms with Gasteiger partial charge in [-0.15, -0.1) is 0 Å². The monoisotopic (exact) mass is 293 g/mol. The molecule has 0 spiro atoms. The average molecular weight is 293 g/mol. The van der Waals surface area contributed by atoms with Crippen molar-refractivity contribution in [3.8, 4) is 5.75 Å². The Morgan fingerprint density at radius 3 is 2.62 bits per heavy atom. The number of ether oxygens (including phenoxy) is 1. The minimum atomic E-state index is -1.27. The van der Waals surface area contributed by atoms with E-state index in [2.05, 4.69) is 10.3 Å². The fraction of sp³-hybridized carbons (Fsp3) is 0.500. The number of hydrogen-bond acceptors (Lipinski definition) is 4. The van der Waals surface area contributed by atoms with Crippen LogP contribution in [0, 0.1) is 0 Å². The van der Waals surface area contributed by atoms with Gasteiger partial charge in [-0.05, 0) is 44.5 Å². The van der Waals surface area contributed by atoms with Crippen LogP contribution in [0.5, 0.6) is 5.75 Å². The van der Waals surface area contributed by atoms with Gasteiger partial charge in [0, 0.05) is 18.7 Å². The van der Waals surface area contributed by atoms with E-state index in [1.165, 1.54) is 0 Å². The standard InChI is InChI=1S/C16H24FN3O/c1-4-14(19-18)13-6-5-12(11-15(13)21-3)16(17)7-9-20(2)10-8-16/h4-6,11,19H,7-10,18H2,1-3H3/b14-4-. The Hall–Kier alpha value is -1.59. The van der Waals surface area contributed by atoms with E-state index < -0.39 is 5.67 Å². The summed E-state index contributed by atoms with van der Waals surface area (Å²) >= 11 is 0. The van der Waals surface area contributed by atoms with Crippen LogP contribution in [-0.2, 0) is 5.67 Å². The fourth-order valence-corrected chi connectivity index (χ4v) is 2.77. The lowest BCUT2D eigenvalue weighted by molar-refractivity contribution is 0.0672. The molecule has 0 aliphatic carbocycles. The van der Waals surface area contributed by atoms with E-state index in [1.54, 1.807) is 13.2 Å². The van der Waals surface area contributed by atoms with Crippen LogP contribution >= 0.6 is 0 Å². The normalized spacial score (nSPS) is 19.4. The lowest BCUT2D eigenvalue weighted by Gasteiger charge is -2.35. The molecule has 1 aromatic rings. The molecule has 2 rings (SSSR count). The first kappa shape index (κ1) is 15.8. The van der Waals surface area contributed by atoms with Crippen molar-refractivity contribution in [1.82, 2.24) is 10.3 Å². The number of nitrogens with two attached hydrogens (primary N) is 1.